The van der Waals surface area contributed by atoms with Gasteiger partial charge in [0.15, 0.2) is 0 Å². The monoisotopic (exact) mass is 235 g/mol. The molecule has 0 saturated carbocycles. The van der Waals surface area contributed by atoms with Crippen molar-refractivity contribution in [1.29, 1.82) is 0 Å². The van der Waals surface area contributed by atoms with E-state index >= 15 is 0 Å². The fraction of sp³-hybridized carbons (Fsp3) is 0.909. The minimum Gasteiger partial charge on any atom is -0.481 e. The van der Waals surface area contributed by atoms with Gasteiger partial charge in [0, 0.05) is 24.9 Å². The van der Waals surface area contributed by atoms with Crippen LogP contribution in [0.15, 0.2) is 0 Å². The van der Waals surface area contributed by atoms with E-state index < -0.39 is 11.9 Å². The molecule has 16 heavy (non-hydrogen) atoms. The van der Waals surface area contributed by atoms with E-state index in [9.17, 15) is 13.6 Å². The van der Waals surface area contributed by atoms with Gasteiger partial charge in [0.25, 0.3) is 5.92 Å². The highest BCUT2D eigenvalue weighted by Crippen LogP contribution is 2.35. The summed E-state index contributed by atoms with van der Waals surface area (Å²) in [6, 6.07) is -0.201. The summed E-state index contributed by atoms with van der Waals surface area (Å²) < 4.78 is 26.6. The van der Waals surface area contributed by atoms with Crippen LogP contribution in [0.2, 0.25) is 0 Å². The summed E-state index contributed by atoms with van der Waals surface area (Å²) in [6.45, 7) is 3.64. The molecule has 3 nitrogen and oxygen atoms in total. The summed E-state index contributed by atoms with van der Waals surface area (Å²) in [6.07, 6.45) is 0.882. The number of aliphatic carboxylic acids is 1. The second kappa shape index (κ2) is 5.08. The molecule has 94 valence electrons. The number of likely N-dealkylation sites (tertiary alicyclic amines) is 1. The average Bonchev–Trinajstić information content (AvgIpc) is 2.49. The molecule has 1 heterocycles. The molecule has 1 rings (SSSR count). The van der Waals surface area contributed by atoms with Gasteiger partial charge >= 0.3 is 5.97 Å². The second-order valence-electron chi connectivity index (χ2n) is 4.58. The number of carboxylic acids is 1. The summed E-state index contributed by atoms with van der Waals surface area (Å²) >= 11 is 0. The van der Waals surface area contributed by atoms with Crippen LogP contribution in [0, 0.1) is 0 Å². The number of halogens is 2. The van der Waals surface area contributed by atoms with E-state index in [1.165, 1.54) is 0 Å². The van der Waals surface area contributed by atoms with Gasteiger partial charge in [-0.3, -0.25) is 9.69 Å². The van der Waals surface area contributed by atoms with E-state index in [2.05, 4.69) is 0 Å². The van der Waals surface area contributed by atoms with Crippen molar-refractivity contribution >= 4 is 5.97 Å². The van der Waals surface area contributed by atoms with Crippen LogP contribution in [0.4, 0.5) is 8.78 Å². The highest BCUT2D eigenvalue weighted by molar-refractivity contribution is 5.66. The summed E-state index contributed by atoms with van der Waals surface area (Å²) in [5.74, 6) is -3.58. The maximum absolute atomic E-state index is 13.3. The molecule has 0 amide bonds. The Morgan fingerprint density at radius 1 is 1.62 bits per heavy atom. The first kappa shape index (κ1) is 13.4. The van der Waals surface area contributed by atoms with Crippen LogP contribution in [0.3, 0.4) is 0 Å². The number of alkyl halides is 2. The van der Waals surface area contributed by atoms with E-state index in [1.54, 1.807) is 4.90 Å². The van der Waals surface area contributed by atoms with Crippen molar-refractivity contribution in [3.63, 3.8) is 0 Å². The number of carboxylic acid groups (broad SMARTS) is 1. The molecular weight excluding hydrogens is 216 g/mol. The molecule has 1 aliphatic heterocycles. The van der Waals surface area contributed by atoms with Crippen LogP contribution in [-0.2, 0) is 4.79 Å². The lowest BCUT2D eigenvalue weighted by molar-refractivity contribution is -0.137. The van der Waals surface area contributed by atoms with Gasteiger partial charge < -0.3 is 5.11 Å². The molecule has 0 aliphatic carbocycles. The molecule has 1 aliphatic rings. The third-order valence-corrected chi connectivity index (χ3v) is 3.27. The van der Waals surface area contributed by atoms with Crippen molar-refractivity contribution in [2.75, 3.05) is 6.54 Å². The van der Waals surface area contributed by atoms with Crippen molar-refractivity contribution in [2.45, 2.75) is 57.5 Å². The van der Waals surface area contributed by atoms with Gasteiger partial charge in [0.05, 0.1) is 6.54 Å². The summed E-state index contributed by atoms with van der Waals surface area (Å²) in [5, 5.41) is 8.58. The van der Waals surface area contributed by atoms with Gasteiger partial charge in [-0.05, 0) is 19.8 Å². The highest BCUT2D eigenvalue weighted by Gasteiger charge is 2.45. The van der Waals surface area contributed by atoms with Gasteiger partial charge in [-0.1, -0.05) is 6.92 Å². The van der Waals surface area contributed by atoms with Gasteiger partial charge in [0.1, 0.15) is 0 Å². The Kier molecular flexibility index (Phi) is 4.24. The summed E-state index contributed by atoms with van der Waals surface area (Å²) in [4.78, 5) is 12.2. The molecule has 0 bridgehead atoms. The molecule has 1 saturated heterocycles. The number of rotatable bonds is 5. The minimum absolute atomic E-state index is 0.0340. The lowest BCUT2D eigenvalue weighted by atomic mass is 10.1. The van der Waals surface area contributed by atoms with Crippen LogP contribution in [0.25, 0.3) is 0 Å². The zero-order valence-electron chi connectivity index (χ0n) is 9.75. The van der Waals surface area contributed by atoms with E-state index in [0.29, 0.717) is 6.42 Å². The molecule has 1 fully saturated rings. The second-order valence-corrected chi connectivity index (χ2v) is 4.58. The minimum atomic E-state index is -2.66. The van der Waals surface area contributed by atoms with E-state index in [-0.39, 0.29) is 31.5 Å². The normalized spacial score (nSPS) is 26.9. The fourth-order valence-corrected chi connectivity index (χ4v) is 2.23. The topological polar surface area (TPSA) is 40.5 Å². The maximum Gasteiger partial charge on any atom is 0.303 e. The number of nitrogens with zero attached hydrogens (tertiary/aromatic N) is 1. The average molecular weight is 235 g/mol. The van der Waals surface area contributed by atoms with Crippen LogP contribution < -0.4 is 0 Å². The number of carbonyl (C=O) groups is 1. The van der Waals surface area contributed by atoms with Crippen molar-refractivity contribution in [3.8, 4) is 0 Å². The predicted octanol–water partition coefficient (Wildman–Crippen LogP) is 2.36. The Labute approximate surface area is 94.4 Å². The largest absolute Gasteiger partial charge is 0.481 e. The third-order valence-electron chi connectivity index (χ3n) is 3.27. The molecule has 0 spiro atoms. The number of hydrogen-bond acceptors (Lipinski definition) is 2. The molecule has 0 aromatic carbocycles. The first-order chi connectivity index (χ1) is 7.35. The third kappa shape index (κ3) is 3.40. The van der Waals surface area contributed by atoms with Gasteiger partial charge in [-0.15, -0.1) is 0 Å². The maximum atomic E-state index is 13.3. The van der Waals surface area contributed by atoms with Gasteiger partial charge in [-0.25, -0.2) is 8.78 Å². The van der Waals surface area contributed by atoms with E-state index in [4.69, 9.17) is 5.11 Å². The molecule has 0 aromatic heterocycles. The molecular formula is C11H19F2NO2. The van der Waals surface area contributed by atoms with Crippen LogP contribution in [0.1, 0.15) is 39.5 Å². The van der Waals surface area contributed by atoms with Crippen molar-refractivity contribution < 1.29 is 18.7 Å². The lowest BCUT2D eigenvalue weighted by Crippen LogP contribution is -2.38. The Morgan fingerprint density at radius 3 is 2.75 bits per heavy atom. The van der Waals surface area contributed by atoms with Crippen molar-refractivity contribution in [3.05, 3.63) is 0 Å². The Bertz CT molecular complexity index is 258. The zero-order chi connectivity index (χ0) is 12.3. The standard InChI is InChI=1S/C11H19F2NO2/c1-3-8(2)14-7-11(12,13)6-9(14)4-5-10(15)16/h8-9H,3-7H2,1-2H3,(H,15,16)/t8?,9-/m0/s1. The highest BCUT2D eigenvalue weighted by atomic mass is 19.3. The van der Waals surface area contributed by atoms with E-state index in [0.717, 1.165) is 6.42 Å². The molecule has 1 N–H and O–H groups in total. The lowest BCUT2D eigenvalue weighted by Gasteiger charge is -2.29. The molecule has 0 radical (unpaired) electrons. The Morgan fingerprint density at radius 2 is 2.25 bits per heavy atom. The van der Waals surface area contributed by atoms with Gasteiger partial charge in [-0.2, -0.15) is 0 Å². The van der Waals surface area contributed by atoms with Crippen LogP contribution in [0.5, 0.6) is 0 Å². The molecule has 0 aromatic rings. The van der Waals surface area contributed by atoms with Crippen molar-refractivity contribution in [2.24, 2.45) is 0 Å². The number of hydrogen-bond donors (Lipinski definition) is 1. The Hall–Kier alpha value is -0.710. The van der Waals surface area contributed by atoms with E-state index in [1.807, 2.05) is 13.8 Å². The molecule has 5 heteroatoms. The van der Waals surface area contributed by atoms with Crippen LogP contribution in [-0.4, -0.2) is 40.5 Å². The van der Waals surface area contributed by atoms with Gasteiger partial charge in [0.2, 0.25) is 0 Å². The predicted molar refractivity (Wildman–Crippen MR) is 56.7 cm³/mol. The van der Waals surface area contributed by atoms with Crippen molar-refractivity contribution in [1.82, 2.24) is 4.90 Å². The molecule has 1 unspecified atom stereocenters. The fourth-order valence-electron chi connectivity index (χ4n) is 2.23. The SMILES string of the molecule is CCC(C)N1CC(F)(F)C[C@@H]1CCC(=O)O. The summed E-state index contributed by atoms with van der Waals surface area (Å²) in [5.41, 5.74) is 0. The zero-order valence-corrected chi connectivity index (χ0v) is 9.75. The quantitative estimate of drug-likeness (QED) is 0.795. The Balaban J connectivity index is 2.61. The smallest absolute Gasteiger partial charge is 0.303 e. The van der Waals surface area contributed by atoms with Crippen LogP contribution >= 0.6 is 0 Å². The molecule has 2 atom stereocenters. The first-order valence-electron chi connectivity index (χ1n) is 5.71. The first-order valence-corrected chi connectivity index (χ1v) is 5.71. The summed E-state index contributed by atoms with van der Waals surface area (Å²) in [7, 11) is 0.